The van der Waals surface area contributed by atoms with Crippen LogP contribution in [0.2, 0.25) is 0 Å². The fourth-order valence-corrected chi connectivity index (χ4v) is 2.28. The molecule has 0 aliphatic carbocycles. The average Bonchev–Trinajstić information content (AvgIpc) is 2.46. The van der Waals surface area contributed by atoms with Gasteiger partial charge in [0.2, 0.25) is 0 Å². The van der Waals surface area contributed by atoms with Gasteiger partial charge in [0.15, 0.2) is 0 Å². The fourth-order valence-electron chi connectivity index (χ4n) is 1.88. The lowest BCUT2D eigenvalue weighted by molar-refractivity contribution is -0.385. The maximum Gasteiger partial charge on any atom is 0.338 e. The van der Waals surface area contributed by atoms with Crippen LogP contribution >= 0.6 is 15.9 Å². The Labute approximate surface area is 129 Å². The van der Waals surface area contributed by atoms with Crippen molar-refractivity contribution in [2.24, 2.45) is 0 Å². The smallest absolute Gasteiger partial charge is 0.338 e. The predicted molar refractivity (Wildman–Crippen MR) is 81.1 cm³/mol. The van der Waals surface area contributed by atoms with E-state index in [-0.39, 0.29) is 17.9 Å². The van der Waals surface area contributed by atoms with Crippen molar-refractivity contribution in [3.63, 3.8) is 0 Å². The summed E-state index contributed by atoms with van der Waals surface area (Å²) < 4.78 is 6.06. The number of carbonyl (C=O) groups is 1. The van der Waals surface area contributed by atoms with Crippen molar-refractivity contribution >= 4 is 27.6 Å². The van der Waals surface area contributed by atoms with E-state index in [4.69, 9.17) is 4.74 Å². The molecule has 2 rings (SSSR count). The zero-order valence-corrected chi connectivity index (χ0v) is 12.8. The molecule has 108 valence electrons. The zero-order valence-electron chi connectivity index (χ0n) is 11.2. The van der Waals surface area contributed by atoms with Gasteiger partial charge in [-0.1, -0.05) is 40.2 Å². The highest BCUT2D eigenvalue weighted by molar-refractivity contribution is 9.10. The van der Waals surface area contributed by atoms with E-state index in [2.05, 4.69) is 15.9 Å². The number of benzene rings is 2. The van der Waals surface area contributed by atoms with Crippen LogP contribution in [0.5, 0.6) is 0 Å². The van der Waals surface area contributed by atoms with Gasteiger partial charge in [0, 0.05) is 21.7 Å². The van der Waals surface area contributed by atoms with Crippen molar-refractivity contribution in [3.05, 3.63) is 73.7 Å². The molecule has 0 saturated carbocycles. The normalized spacial score (nSPS) is 10.2. The van der Waals surface area contributed by atoms with Gasteiger partial charge >= 0.3 is 5.97 Å². The summed E-state index contributed by atoms with van der Waals surface area (Å²) in [5, 5.41) is 10.9. The molecular weight excluding hydrogens is 338 g/mol. The van der Waals surface area contributed by atoms with Gasteiger partial charge in [0.1, 0.15) is 6.61 Å². The molecule has 21 heavy (non-hydrogen) atoms. The summed E-state index contributed by atoms with van der Waals surface area (Å²) in [5.41, 5.74) is 1.25. The number of nitrogens with zero attached hydrogens (tertiary/aromatic N) is 1. The number of hydrogen-bond donors (Lipinski definition) is 0. The van der Waals surface area contributed by atoms with Crippen LogP contribution in [0.15, 0.2) is 46.9 Å². The summed E-state index contributed by atoms with van der Waals surface area (Å²) in [6, 6.07) is 11.7. The van der Waals surface area contributed by atoms with Gasteiger partial charge in [-0.15, -0.1) is 0 Å². The van der Waals surface area contributed by atoms with E-state index < -0.39 is 10.9 Å². The third-order valence-corrected chi connectivity index (χ3v) is 3.81. The molecule has 0 aliphatic rings. The Morgan fingerprint density at radius 3 is 2.62 bits per heavy atom. The second-order valence-electron chi connectivity index (χ2n) is 4.37. The van der Waals surface area contributed by atoms with Gasteiger partial charge in [0.25, 0.3) is 5.69 Å². The number of rotatable bonds is 4. The third-order valence-electron chi connectivity index (χ3n) is 3.04. The number of halogens is 1. The van der Waals surface area contributed by atoms with Gasteiger partial charge in [0.05, 0.1) is 10.5 Å². The average molecular weight is 350 g/mol. The first kappa shape index (κ1) is 15.2. The molecule has 6 heteroatoms. The molecule has 0 bridgehead atoms. The van der Waals surface area contributed by atoms with Gasteiger partial charge in [-0.05, 0) is 19.1 Å². The lowest BCUT2D eigenvalue weighted by atomic mass is 10.1. The van der Waals surface area contributed by atoms with E-state index in [0.717, 1.165) is 10.0 Å². The van der Waals surface area contributed by atoms with E-state index in [9.17, 15) is 14.9 Å². The standard InChI is InChI=1S/C15H12BrNO4/c1-10-12(6-4-8-14(10)17(19)20)15(18)21-9-11-5-2-3-7-13(11)16/h2-8H,9H2,1H3. The highest BCUT2D eigenvalue weighted by Gasteiger charge is 2.19. The van der Waals surface area contributed by atoms with Crippen LogP contribution in [-0.4, -0.2) is 10.9 Å². The second kappa shape index (κ2) is 6.49. The Bertz CT molecular complexity index is 700. The third kappa shape index (κ3) is 3.46. The van der Waals surface area contributed by atoms with Crippen molar-refractivity contribution in [1.82, 2.24) is 0 Å². The van der Waals surface area contributed by atoms with E-state index >= 15 is 0 Å². The molecule has 0 radical (unpaired) electrons. The van der Waals surface area contributed by atoms with Crippen LogP contribution in [-0.2, 0) is 11.3 Å². The maximum absolute atomic E-state index is 12.1. The predicted octanol–water partition coefficient (Wildman–Crippen LogP) is 4.02. The summed E-state index contributed by atoms with van der Waals surface area (Å²) in [4.78, 5) is 22.4. The van der Waals surface area contributed by atoms with Crippen LogP contribution in [0, 0.1) is 17.0 Å². The van der Waals surface area contributed by atoms with Gasteiger partial charge in [-0.3, -0.25) is 10.1 Å². The van der Waals surface area contributed by atoms with Gasteiger partial charge in [-0.25, -0.2) is 4.79 Å². The molecule has 2 aromatic carbocycles. The largest absolute Gasteiger partial charge is 0.457 e. The van der Waals surface area contributed by atoms with Gasteiger partial charge < -0.3 is 4.74 Å². The van der Waals surface area contributed by atoms with E-state index in [1.807, 2.05) is 24.3 Å². The highest BCUT2D eigenvalue weighted by atomic mass is 79.9. The number of ether oxygens (including phenoxy) is 1. The molecule has 2 aromatic rings. The molecule has 5 nitrogen and oxygen atoms in total. The van der Waals surface area contributed by atoms with E-state index in [1.165, 1.54) is 25.1 Å². The van der Waals surface area contributed by atoms with Crippen molar-refractivity contribution < 1.29 is 14.5 Å². The number of esters is 1. The van der Waals surface area contributed by atoms with Crippen LogP contribution in [0.1, 0.15) is 21.5 Å². The first-order chi connectivity index (χ1) is 10.0. The quantitative estimate of drug-likeness (QED) is 0.474. The number of hydrogen-bond acceptors (Lipinski definition) is 4. The van der Waals surface area contributed by atoms with Crippen molar-refractivity contribution in [3.8, 4) is 0 Å². The summed E-state index contributed by atoms with van der Waals surface area (Å²) >= 11 is 3.37. The van der Waals surface area contributed by atoms with E-state index in [1.54, 1.807) is 0 Å². The van der Waals surface area contributed by atoms with Crippen LogP contribution < -0.4 is 0 Å². The monoisotopic (exact) mass is 349 g/mol. The summed E-state index contributed by atoms with van der Waals surface area (Å²) in [6.45, 7) is 1.63. The van der Waals surface area contributed by atoms with Crippen LogP contribution in [0.3, 0.4) is 0 Å². The summed E-state index contributed by atoms with van der Waals surface area (Å²) in [7, 11) is 0. The summed E-state index contributed by atoms with van der Waals surface area (Å²) in [5.74, 6) is -0.577. The minimum atomic E-state index is -0.577. The van der Waals surface area contributed by atoms with Crippen LogP contribution in [0.4, 0.5) is 5.69 Å². The highest BCUT2D eigenvalue weighted by Crippen LogP contribution is 2.23. The molecule has 0 amide bonds. The molecule has 0 aliphatic heterocycles. The van der Waals surface area contributed by atoms with E-state index in [0.29, 0.717) is 5.56 Å². The minimum absolute atomic E-state index is 0.0923. The van der Waals surface area contributed by atoms with Crippen LogP contribution in [0.25, 0.3) is 0 Å². The Hall–Kier alpha value is -2.21. The Kier molecular flexibility index (Phi) is 4.70. The molecule has 0 fully saturated rings. The molecule has 0 N–H and O–H groups in total. The lowest BCUT2D eigenvalue weighted by Gasteiger charge is -2.08. The Morgan fingerprint density at radius 2 is 1.95 bits per heavy atom. The molecular formula is C15H12BrNO4. The number of carbonyl (C=O) groups excluding carboxylic acids is 1. The van der Waals surface area contributed by atoms with Crippen molar-refractivity contribution in [1.29, 1.82) is 0 Å². The topological polar surface area (TPSA) is 69.4 Å². The SMILES string of the molecule is Cc1c(C(=O)OCc2ccccc2Br)cccc1[N+](=O)[O-]. The molecule has 0 atom stereocenters. The lowest BCUT2D eigenvalue weighted by Crippen LogP contribution is -2.08. The second-order valence-corrected chi connectivity index (χ2v) is 5.23. The first-order valence-corrected chi connectivity index (χ1v) is 6.94. The summed E-state index contributed by atoms with van der Waals surface area (Å²) in [6.07, 6.45) is 0. The molecule has 0 saturated heterocycles. The Morgan fingerprint density at radius 1 is 1.24 bits per heavy atom. The maximum atomic E-state index is 12.1. The molecule has 0 aromatic heterocycles. The molecule has 0 spiro atoms. The van der Waals surface area contributed by atoms with Gasteiger partial charge in [-0.2, -0.15) is 0 Å². The fraction of sp³-hybridized carbons (Fsp3) is 0.133. The van der Waals surface area contributed by atoms with Crippen molar-refractivity contribution in [2.75, 3.05) is 0 Å². The van der Waals surface area contributed by atoms with Crippen molar-refractivity contribution in [2.45, 2.75) is 13.5 Å². The number of nitro benzene ring substituents is 1. The first-order valence-electron chi connectivity index (χ1n) is 6.15. The minimum Gasteiger partial charge on any atom is -0.457 e. The molecule has 0 heterocycles. The Balaban J connectivity index is 2.16. The molecule has 0 unspecified atom stereocenters. The number of nitro groups is 1. The zero-order chi connectivity index (χ0) is 15.4.